The number of hydrogen-bond donors (Lipinski definition) is 1. The largest absolute Gasteiger partial charge is 0.460 e. The molecule has 20 heavy (non-hydrogen) atoms. The van der Waals surface area contributed by atoms with Crippen LogP contribution in [-0.2, 0) is 19.1 Å². The highest BCUT2D eigenvalue weighted by molar-refractivity contribution is 8.15. The topological polar surface area (TPSA) is 91.0 Å². The lowest BCUT2D eigenvalue weighted by Gasteiger charge is -2.11. The maximum Gasteiger partial charge on any atom is 0.309 e. The summed E-state index contributed by atoms with van der Waals surface area (Å²) in [5, 5.41) is -0.0638. The Bertz CT molecular complexity index is 425. The van der Waals surface area contributed by atoms with Crippen molar-refractivity contribution in [3.63, 3.8) is 0 Å². The van der Waals surface area contributed by atoms with Crippen molar-refractivity contribution in [1.29, 1.82) is 0 Å². The van der Waals surface area contributed by atoms with Crippen LogP contribution in [0.25, 0.3) is 0 Å². The number of carbonyl (C=O) groups excluding carboxylic acids is 2. The molecule has 0 radical (unpaired) electrons. The van der Waals surface area contributed by atoms with Crippen molar-refractivity contribution in [3.8, 4) is 0 Å². The minimum atomic E-state index is -0.345. The summed E-state index contributed by atoms with van der Waals surface area (Å²) in [7, 11) is 0. The van der Waals surface area contributed by atoms with Crippen molar-refractivity contribution in [2.75, 3.05) is 13.2 Å². The Kier molecular flexibility index (Phi) is 5.04. The van der Waals surface area contributed by atoms with E-state index in [1.165, 1.54) is 11.8 Å². The fourth-order valence-corrected chi connectivity index (χ4v) is 3.18. The second-order valence-corrected chi connectivity index (χ2v) is 6.78. The predicted molar refractivity (Wildman–Crippen MR) is 76.3 cm³/mol. The van der Waals surface area contributed by atoms with Crippen LogP contribution in [0.2, 0.25) is 0 Å². The van der Waals surface area contributed by atoms with Crippen molar-refractivity contribution < 1.29 is 19.1 Å². The van der Waals surface area contributed by atoms with Crippen molar-refractivity contribution in [2.24, 2.45) is 22.6 Å². The van der Waals surface area contributed by atoms with Gasteiger partial charge in [-0.1, -0.05) is 25.6 Å². The SMILES string of the molecule is CC(C)COC[C@@H]1C[C@@H](C[C@@H]2SC(N)=NC2=O)C(=O)O1. The van der Waals surface area contributed by atoms with Crippen LogP contribution in [0.3, 0.4) is 0 Å². The lowest BCUT2D eigenvalue weighted by molar-refractivity contribution is -0.146. The van der Waals surface area contributed by atoms with E-state index >= 15 is 0 Å². The Labute approximate surface area is 122 Å². The number of thioether (sulfide) groups is 1. The minimum absolute atomic E-state index is 0.203. The van der Waals surface area contributed by atoms with Gasteiger partial charge in [-0.3, -0.25) is 9.59 Å². The molecule has 0 saturated carbocycles. The van der Waals surface area contributed by atoms with Gasteiger partial charge < -0.3 is 15.2 Å². The number of hydrogen-bond acceptors (Lipinski definition) is 6. The van der Waals surface area contributed by atoms with Crippen molar-refractivity contribution in [3.05, 3.63) is 0 Å². The quantitative estimate of drug-likeness (QED) is 0.734. The molecule has 1 saturated heterocycles. The predicted octanol–water partition coefficient (Wildman–Crippen LogP) is 0.937. The smallest absolute Gasteiger partial charge is 0.309 e. The molecular weight excluding hydrogens is 280 g/mol. The van der Waals surface area contributed by atoms with Gasteiger partial charge in [0.15, 0.2) is 5.17 Å². The molecule has 112 valence electrons. The van der Waals surface area contributed by atoms with Gasteiger partial charge in [-0.2, -0.15) is 4.99 Å². The van der Waals surface area contributed by atoms with Crippen LogP contribution in [-0.4, -0.2) is 41.6 Å². The molecule has 0 aliphatic carbocycles. The van der Waals surface area contributed by atoms with Gasteiger partial charge in [0.2, 0.25) is 0 Å². The zero-order valence-corrected chi connectivity index (χ0v) is 12.5. The van der Waals surface area contributed by atoms with Gasteiger partial charge in [-0.05, 0) is 18.8 Å². The summed E-state index contributed by atoms with van der Waals surface area (Å²) in [5.74, 6) is -0.303. The summed E-state index contributed by atoms with van der Waals surface area (Å²) in [4.78, 5) is 27.0. The van der Waals surface area contributed by atoms with E-state index in [0.717, 1.165) is 0 Å². The number of nitrogens with zero attached hydrogens (tertiary/aromatic N) is 1. The zero-order valence-electron chi connectivity index (χ0n) is 11.7. The van der Waals surface area contributed by atoms with Crippen molar-refractivity contribution >= 4 is 28.8 Å². The summed E-state index contributed by atoms with van der Waals surface area (Å²) >= 11 is 1.22. The van der Waals surface area contributed by atoms with Crippen LogP contribution in [0.15, 0.2) is 4.99 Å². The average molecular weight is 300 g/mol. The molecule has 0 aromatic heterocycles. The van der Waals surface area contributed by atoms with Gasteiger partial charge in [-0.15, -0.1) is 0 Å². The molecule has 1 amide bonds. The summed E-state index contributed by atoms with van der Waals surface area (Å²) in [5.41, 5.74) is 5.50. The summed E-state index contributed by atoms with van der Waals surface area (Å²) < 4.78 is 10.8. The first-order chi connectivity index (χ1) is 9.45. The molecule has 2 aliphatic rings. The third kappa shape index (κ3) is 3.96. The van der Waals surface area contributed by atoms with E-state index in [4.69, 9.17) is 15.2 Å². The number of cyclic esters (lactones) is 1. The Balaban J connectivity index is 1.77. The molecule has 0 spiro atoms. The van der Waals surface area contributed by atoms with Gasteiger partial charge >= 0.3 is 5.97 Å². The van der Waals surface area contributed by atoms with Gasteiger partial charge in [0, 0.05) is 6.61 Å². The first kappa shape index (κ1) is 15.3. The van der Waals surface area contributed by atoms with Crippen LogP contribution in [0.5, 0.6) is 0 Å². The molecule has 2 N–H and O–H groups in total. The maximum absolute atomic E-state index is 11.8. The molecule has 0 aromatic rings. The lowest BCUT2D eigenvalue weighted by Crippen LogP contribution is -2.19. The Hall–Kier alpha value is -1.08. The standard InChI is InChI=1S/C13H20N2O4S/c1-7(2)5-18-6-9-3-8(12(17)19-9)4-10-11(16)15-13(14)20-10/h7-10H,3-6H2,1-2H3,(H2,14,15,16)/t8-,9-,10-/m0/s1. The number of aliphatic imine (C=N–C) groups is 1. The van der Waals surface area contributed by atoms with Gasteiger partial charge in [-0.25, -0.2) is 0 Å². The second kappa shape index (κ2) is 6.58. The molecule has 2 heterocycles. The molecule has 6 nitrogen and oxygen atoms in total. The van der Waals surface area contributed by atoms with E-state index in [0.29, 0.717) is 32.0 Å². The van der Waals surface area contributed by atoms with Gasteiger partial charge in [0.1, 0.15) is 6.10 Å². The van der Waals surface area contributed by atoms with Crippen LogP contribution in [0.4, 0.5) is 0 Å². The van der Waals surface area contributed by atoms with Crippen LogP contribution in [0.1, 0.15) is 26.7 Å². The maximum atomic E-state index is 11.8. The van der Waals surface area contributed by atoms with Crippen LogP contribution >= 0.6 is 11.8 Å². The number of rotatable bonds is 6. The number of ether oxygens (including phenoxy) is 2. The number of esters is 1. The molecule has 1 fully saturated rings. The lowest BCUT2D eigenvalue weighted by atomic mass is 9.99. The van der Waals surface area contributed by atoms with Crippen LogP contribution in [0, 0.1) is 11.8 Å². The number of amidine groups is 1. The second-order valence-electron chi connectivity index (χ2n) is 5.55. The third-order valence-electron chi connectivity index (χ3n) is 3.18. The average Bonchev–Trinajstić information content (AvgIpc) is 2.83. The van der Waals surface area contributed by atoms with Crippen molar-refractivity contribution in [2.45, 2.75) is 38.0 Å². The minimum Gasteiger partial charge on any atom is -0.460 e. The number of amides is 1. The third-order valence-corrected chi connectivity index (χ3v) is 4.19. The fraction of sp³-hybridized carbons (Fsp3) is 0.769. The van der Waals surface area contributed by atoms with E-state index in [1.54, 1.807) is 0 Å². The molecular formula is C13H20N2O4S. The normalized spacial score (nSPS) is 29.9. The molecule has 7 heteroatoms. The highest BCUT2D eigenvalue weighted by Gasteiger charge is 2.39. The van der Waals surface area contributed by atoms with Crippen LogP contribution < -0.4 is 5.73 Å². The summed E-state index contributed by atoms with van der Waals surface area (Å²) in [6, 6.07) is 0. The fourth-order valence-electron chi connectivity index (χ4n) is 2.26. The monoisotopic (exact) mass is 300 g/mol. The Morgan fingerprint density at radius 3 is 2.85 bits per heavy atom. The summed E-state index contributed by atoms with van der Waals surface area (Å²) in [6.45, 7) is 5.21. The van der Waals surface area contributed by atoms with E-state index in [9.17, 15) is 9.59 Å². The van der Waals surface area contributed by atoms with E-state index in [1.807, 2.05) is 0 Å². The van der Waals surface area contributed by atoms with E-state index in [-0.39, 0.29) is 34.3 Å². The van der Waals surface area contributed by atoms with Crippen molar-refractivity contribution in [1.82, 2.24) is 0 Å². The number of nitrogens with two attached hydrogens (primary N) is 1. The Morgan fingerprint density at radius 2 is 2.25 bits per heavy atom. The summed E-state index contributed by atoms with van der Waals surface area (Å²) in [6.07, 6.45) is 0.833. The highest BCUT2D eigenvalue weighted by Crippen LogP contribution is 2.32. The molecule has 0 bridgehead atoms. The molecule has 0 unspecified atom stereocenters. The molecule has 2 rings (SSSR count). The van der Waals surface area contributed by atoms with Gasteiger partial charge in [0.25, 0.3) is 5.91 Å². The van der Waals surface area contributed by atoms with E-state index < -0.39 is 0 Å². The highest BCUT2D eigenvalue weighted by atomic mass is 32.2. The first-order valence-electron chi connectivity index (χ1n) is 6.78. The molecule has 2 aliphatic heterocycles. The Morgan fingerprint density at radius 1 is 1.50 bits per heavy atom. The molecule has 3 atom stereocenters. The van der Waals surface area contributed by atoms with E-state index in [2.05, 4.69) is 18.8 Å². The van der Waals surface area contributed by atoms with Gasteiger partial charge in [0.05, 0.1) is 17.8 Å². The number of carbonyl (C=O) groups is 2. The zero-order chi connectivity index (χ0) is 14.7. The first-order valence-corrected chi connectivity index (χ1v) is 7.66. The molecule has 0 aromatic carbocycles.